The molecule has 1 nitrogen and oxygen atoms in total. The number of hydrogen-bond acceptors (Lipinski definition) is 1. The molecule has 68 valence electrons. The van der Waals surface area contributed by atoms with Gasteiger partial charge in [-0.25, -0.2) is 0 Å². The van der Waals surface area contributed by atoms with Gasteiger partial charge in [-0.1, -0.05) is 46.0 Å². The van der Waals surface area contributed by atoms with E-state index in [-0.39, 0.29) is 0 Å². The Kier molecular flexibility index (Phi) is 4.59. The van der Waals surface area contributed by atoms with Gasteiger partial charge in [0.15, 0.2) is 0 Å². The minimum Gasteiger partial charge on any atom is -0.330 e. The van der Waals surface area contributed by atoms with E-state index in [9.17, 15) is 0 Å². The van der Waals surface area contributed by atoms with Crippen molar-refractivity contribution in [3.05, 3.63) is 35.4 Å². The van der Waals surface area contributed by atoms with Crippen molar-refractivity contribution in [3.8, 4) is 11.8 Å². The largest absolute Gasteiger partial charge is 0.330 e. The SMILES string of the molecule is NCCC#Cc1ccccc1CBr. The van der Waals surface area contributed by atoms with E-state index in [1.807, 2.05) is 18.2 Å². The first kappa shape index (κ1) is 10.3. The summed E-state index contributed by atoms with van der Waals surface area (Å²) in [6.45, 7) is 0.628. The van der Waals surface area contributed by atoms with E-state index in [0.717, 1.165) is 17.3 Å². The predicted octanol–water partition coefficient (Wildman–Crippen LogP) is 2.28. The van der Waals surface area contributed by atoms with Gasteiger partial charge in [-0.15, -0.1) is 0 Å². The Morgan fingerprint density at radius 1 is 1.31 bits per heavy atom. The lowest BCUT2D eigenvalue weighted by Gasteiger charge is -1.97. The summed E-state index contributed by atoms with van der Waals surface area (Å²) in [5, 5.41) is 0.848. The zero-order valence-corrected chi connectivity index (χ0v) is 8.97. The average molecular weight is 238 g/mol. The molecule has 0 fully saturated rings. The summed E-state index contributed by atoms with van der Waals surface area (Å²) in [6.07, 6.45) is 0.761. The number of benzene rings is 1. The lowest BCUT2D eigenvalue weighted by molar-refractivity contribution is 1.03. The molecule has 0 amide bonds. The van der Waals surface area contributed by atoms with Gasteiger partial charge in [-0.2, -0.15) is 0 Å². The number of nitrogens with two attached hydrogens (primary N) is 1. The second-order valence-electron chi connectivity index (χ2n) is 2.63. The Morgan fingerprint density at radius 3 is 2.77 bits per heavy atom. The summed E-state index contributed by atoms with van der Waals surface area (Å²) >= 11 is 3.42. The van der Waals surface area contributed by atoms with Crippen LogP contribution in [0, 0.1) is 11.8 Å². The highest BCUT2D eigenvalue weighted by molar-refractivity contribution is 9.08. The molecule has 0 saturated carbocycles. The molecular weight excluding hydrogens is 226 g/mol. The van der Waals surface area contributed by atoms with Crippen LogP contribution in [0.25, 0.3) is 0 Å². The van der Waals surface area contributed by atoms with Gasteiger partial charge in [0.25, 0.3) is 0 Å². The molecule has 0 aliphatic rings. The van der Waals surface area contributed by atoms with Crippen molar-refractivity contribution < 1.29 is 0 Å². The summed E-state index contributed by atoms with van der Waals surface area (Å²) in [7, 11) is 0. The molecule has 0 bridgehead atoms. The van der Waals surface area contributed by atoms with Crippen LogP contribution >= 0.6 is 15.9 Å². The molecule has 0 unspecified atom stereocenters. The topological polar surface area (TPSA) is 26.0 Å². The summed E-state index contributed by atoms with van der Waals surface area (Å²) < 4.78 is 0. The monoisotopic (exact) mass is 237 g/mol. The van der Waals surface area contributed by atoms with Crippen molar-refractivity contribution in [1.82, 2.24) is 0 Å². The van der Waals surface area contributed by atoms with Crippen LogP contribution < -0.4 is 5.73 Å². The number of halogens is 1. The first-order valence-electron chi connectivity index (χ1n) is 4.21. The van der Waals surface area contributed by atoms with Gasteiger partial charge in [-0.3, -0.25) is 0 Å². The third-order valence-electron chi connectivity index (χ3n) is 1.65. The highest BCUT2D eigenvalue weighted by atomic mass is 79.9. The fourth-order valence-corrected chi connectivity index (χ4v) is 1.48. The highest BCUT2D eigenvalue weighted by Crippen LogP contribution is 2.10. The third-order valence-corrected chi connectivity index (χ3v) is 2.26. The molecule has 0 heterocycles. The normalized spacial score (nSPS) is 9.08. The van der Waals surface area contributed by atoms with Gasteiger partial charge in [0, 0.05) is 23.9 Å². The van der Waals surface area contributed by atoms with Crippen LogP contribution in [-0.2, 0) is 5.33 Å². The maximum atomic E-state index is 5.35. The van der Waals surface area contributed by atoms with E-state index < -0.39 is 0 Å². The number of rotatable bonds is 2. The average Bonchev–Trinajstić information content (AvgIpc) is 2.19. The molecule has 0 radical (unpaired) electrons. The third kappa shape index (κ3) is 3.22. The van der Waals surface area contributed by atoms with Gasteiger partial charge in [0.05, 0.1) is 0 Å². The quantitative estimate of drug-likeness (QED) is 0.620. The van der Waals surface area contributed by atoms with Crippen molar-refractivity contribution >= 4 is 15.9 Å². The van der Waals surface area contributed by atoms with E-state index >= 15 is 0 Å². The molecule has 0 aromatic heterocycles. The Balaban J connectivity index is 2.82. The molecule has 0 aliphatic heterocycles. The number of hydrogen-bond donors (Lipinski definition) is 1. The maximum Gasteiger partial charge on any atom is 0.0295 e. The van der Waals surface area contributed by atoms with Crippen LogP contribution in [-0.4, -0.2) is 6.54 Å². The zero-order chi connectivity index (χ0) is 9.52. The van der Waals surface area contributed by atoms with E-state index in [0.29, 0.717) is 6.54 Å². The zero-order valence-electron chi connectivity index (χ0n) is 7.39. The molecule has 2 N–H and O–H groups in total. The molecule has 1 aromatic rings. The van der Waals surface area contributed by atoms with Gasteiger partial charge in [0.1, 0.15) is 0 Å². The summed E-state index contributed by atoms with van der Waals surface area (Å²) in [5.41, 5.74) is 7.67. The standard InChI is InChI=1S/C11H12BrN/c12-9-11-7-2-1-5-10(11)6-3-4-8-13/h1-2,5,7H,4,8-9,13H2. The van der Waals surface area contributed by atoms with Gasteiger partial charge < -0.3 is 5.73 Å². The smallest absolute Gasteiger partial charge is 0.0295 e. The lowest BCUT2D eigenvalue weighted by atomic mass is 10.1. The van der Waals surface area contributed by atoms with Gasteiger partial charge >= 0.3 is 0 Å². The van der Waals surface area contributed by atoms with E-state index in [2.05, 4.69) is 33.8 Å². The first-order valence-corrected chi connectivity index (χ1v) is 5.33. The molecule has 1 aromatic carbocycles. The number of alkyl halides is 1. The first-order chi connectivity index (χ1) is 6.38. The van der Waals surface area contributed by atoms with E-state index in [1.54, 1.807) is 0 Å². The fourth-order valence-electron chi connectivity index (χ4n) is 0.989. The Bertz CT molecular complexity index is 322. The minimum atomic E-state index is 0.628. The highest BCUT2D eigenvalue weighted by Gasteiger charge is 1.94. The van der Waals surface area contributed by atoms with Crippen LogP contribution in [0.5, 0.6) is 0 Å². The van der Waals surface area contributed by atoms with E-state index in [1.165, 1.54) is 5.56 Å². The molecule has 0 saturated heterocycles. The predicted molar refractivity (Wildman–Crippen MR) is 59.6 cm³/mol. The molecular formula is C11H12BrN. The molecule has 13 heavy (non-hydrogen) atoms. The van der Waals surface area contributed by atoms with Crippen LogP contribution in [0.1, 0.15) is 17.5 Å². The van der Waals surface area contributed by atoms with Crippen molar-refractivity contribution in [2.45, 2.75) is 11.8 Å². The summed E-state index contributed by atoms with van der Waals surface area (Å²) in [6, 6.07) is 8.12. The second-order valence-corrected chi connectivity index (χ2v) is 3.19. The summed E-state index contributed by atoms with van der Waals surface area (Å²) in [4.78, 5) is 0. The molecule has 2 heteroatoms. The van der Waals surface area contributed by atoms with Crippen molar-refractivity contribution in [3.63, 3.8) is 0 Å². The Morgan fingerprint density at radius 2 is 2.08 bits per heavy atom. The van der Waals surface area contributed by atoms with Crippen LogP contribution in [0.15, 0.2) is 24.3 Å². The molecule has 0 spiro atoms. The van der Waals surface area contributed by atoms with Crippen LogP contribution in [0.2, 0.25) is 0 Å². The lowest BCUT2D eigenvalue weighted by Crippen LogP contribution is -1.95. The minimum absolute atomic E-state index is 0.628. The van der Waals surface area contributed by atoms with Gasteiger partial charge in [-0.05, 0) is 11.6 Å². The summed E-state index contributed by atoms with van der Waals surface area (Å²) in [5.74, 6) is 6.14. The maximum absolute atomic E-state index is 5.35. The molecule has 0 atom stereocenters. The Hall–Kier alpha value is -0.780. The second kappa shape index (κ2) is 5.80. The van der Waals surface area contributed by atoms with E-state index in [4.69, 9.17) is 5.73 Å². The Labute approximate surface area is 87.5 Å². The van der Waals surface area contributed by atoms with Crippen molar-refractivity contribution in [1.29, 1.82) is 0 Å². The van der Waals surface area contributed by atoms with Crippen molar-refractivity contribution in [2.75, 3.05) is 6.54 Å². The van der Waals surface area contributed by atoms with Crippen LogP contribution in [0.4, 0.5) is 0 Å². The molecule has 0 aliphatic carbocycles. The van der Waals surface area contributed by atoms with Gasteiger partial charge in [0.2, 0.25) is 0 Å². The fraction of sp³-hybridized carbons (Fsp3) is 0.273. The molecule has 1 rings (SSSR count). The van der Waals surface area contributed by atoms with Crippen molar-refractivity contribution in [2.24, 2.45) is 5.73 Å². The van der Waals surface area contributed by atoms with Crippen LogP contribution in [0.3, 0.4) is 0 Å².